The summed E-state index contributed by atoms with van der Waals surface area (Å²) in [6.45, 7) is 0. The molecule has 0 saturated carbocycles. The Balaban J connectivity index is 1.97. The van der Waals surface area contributed by atoms with Crippen molar-refractivity contribution >= 4 is 22.4 Å². The van der Waals surface area contributed by atoms with Gasteiger partial charge in [-0.05, 0) is 43.0 Å². The van der Waals surface area contributed by atoms with Crippen LogP contribution in [0.3, 0.4) is 0 Å². The lowest BCUT2D eigenvalue weighted by Gasteiger charge is -2.18. The molecule has 4 nitrogen and oxygen atoms in total. The Bertz CT molecular complexity index is 669. The van der Waals surface area contributed by atoms with Crippen LogP contribution in [-0.2, 0) is 4.79 Å². The molecule has 3 rings (SSSR count). The van der Waals surface area contributed by atoms with E-state index in [1.54, 1.807) is 12.1 Å². The second-order valence-electron chi connectivity index (χ2n) is 4.97. The Hall–Kier alpha value is -2.23. The molecule has 0 saturated heterocycles. The number of hydrogen-bond acceptors (Lipinski definition) is 2. The van der Waals surface area contributed by atoms with Gasteiger partial charge in [0.05, 0.1) is 5.92 Å². The van der Waals surface area contributed by atoms with Crippen molar-refractivity contribution in [2.45, 2.75) is 19.3 Å². The van der Waals surface area contributed by atoms with Crippen molar-refractivity contribution in [1.29, 1.82) is 0 Å². The summed E-state index contributed by atoms with van der Waals surface area (Å²) < 4.78 is 0. The molecule has 1 unspecified atom stereocenters. The van der Waals surface area contributed by atoms with Gasteiger partial charge in [0.15, 0.2) is 0 Å². The van der Waals surface area contributed by atoms with Crippen molar-refractivity contribution in [1.82, 2.24) is 4.98 Å². The van der Waals surface area contributed by atoms with E-state index in [-0.39, 0.29) is 11.7 Å². The second-order valence-corrected chi connectivity index (χ2v) is 4.97. The van der Waals surface area contributed by atoms with Gasteiger partial charge < -0.3 is 15.2 Å². The Morgan fingerprint density at radius 3 is 2.89 bits per heavy atom. The summed E-state index contributed by atoms with van der Waals surface area (Å²) in [5.41, 5.74) is 3.21. The van der Waals surface area contributed by atoms with Crippen LogP contribution in [0.1, 0.15) is 24.8 Å². The zero-order chi connectivity index (χ0) is 13.4. The van der Waals surface area contributed by atoms with Gasteiger partial charge in [0.1, 0.15) is 5.75 Å². The molecular formula is C15H15NO3. The highest BCUT2D eigenvalue weighted by atomic mass is 16.4. The number of benzene rings is 1. The molecule has 1 aromatic carbocycles. The highest BCUT2D eigenvalue weighted by Crippen LogP contribution is 2.35. The number of fused-ring (bicyclic) bond motifs is 1. The number of hydrogen-bond donors (Lipinski definition) is 3. The smallest absolute Gasteiger partial charge is 0.306 e. The van der Waals surface area contributed by atoms with Crippen molar-refractivity contribution in [2.75, 3.05) is 0 Å². The lowest BCUT2D eigenvalue weighted by Crippen LogP contribution is -2.15. The number of nitrogens with one attached hydrogen (secondary N) is 1. The summed E-state index contributed by atoms with van der Waals surface area (Å²) in [7, 11) is 0. The molecule has 3 N–H and O–H groups in total. The zero-order valence-corrected chi connectivity index (χ0v) is 10.4. The Kier molecular flexibility index (Phi) is 2.78. The number of phenols is 1. The van der Waals surface area contributed by atoms with Crippen LogP contribution >= 0.6 is 0 Å². The first kappa shape index (κ1) is 11.8. The zero-order valence-electron chi connectivity index (χ0n) is 10.4. The summed E-state index contributed by atoms with van der Waals surface area (Å²) in [4.78, 5) is 14.1. The summed E-state index contributed by atoms with van der Waals surface area (Å²) in [5.74, 6) is -0.734. The molecule has 2 aromatic rings. The fourth-order valence-corrected chi connectivity index (χ4v) is 2.68. The number of phenolic OH excluding ortho intramolecular Hbond substituents is 1. The van der Waals surface area contributed by atoms with E-state index in [0.29, 0.717) is 12.8 Å². The van der Waals surface area contributed by atoms with Gasteiger partial charge in [-0.2, -0.15) is 0 Å². The number of carboxylic acids is 1. The monoisotopic (exact) mass is 257 g/mol. The maximum atomic E-state index is 10.9. The second kappa shape index (κ2) is 4.46. The van der Waals surface area contributed by atoms with Crippen molar-refractivity contribution in [3.63, 3.8) is 0 Å². The third kappa shape index (κ3) is 2.10. The van der Waals surface area contributed by atoms with Crippen LogP contribution in [0.5, 0.6) is 5.75 Å². The van der Waals surface area contributed by atoms with Crippen LogP contribution < -0.4 is 0 Å². The Morgan fingerprint density at radius 2 is 2.21 bits per heavy atom. The maximum Gasteiger partial charge on any atom is 0.306 e. The quantitative estimate of drug-likeness (QED) is 0.773. The predicted octanol–water partition coefficient (Wildman–Crippen LogP) is 3.14. The molecule has 1 aliphatic carbocycles. The summed E-state index contributed by atoms with van der Waals surface area (Å²) >= 11 is 0. The van der Waals surface area contributed by atoms with E-state index < -0.39 is 5.97 Å². The number of aromatic nitrogens is 1. The fraction of sp³-hybridized carbons (Fsp3) is 0.267. The standard InChI is InChI=1S/C15H15NO3/c17-11-5-6-14-12(7-11)13(8-16-14)9-1-3-10(4-2-9)15(18)19/h1,5-8,10,16-17H,2-4H2,(H,18,19). The summed E-state index contributed by atoms with van der Waals surface area (Å²) in [6, 6.07) is 5.24. The molecule has 1 atom stereocenters. The topological polar surface area (TPSA) is 73.3 Å². The van der Waals surface area contributed by atoms with Gasteiger partial charge in [0.25, 0.3) is 0 Å². The molecule has 0 spiro atoms. The van der Waals surface area contributed by atoms with Gasteiger partial charge in [-0.1, -0.05) is 6.08 Å². The molecule has 0 bridgehead atoms. The lowest BCUT2D eigenvalue weighted by atomic mass is 9.86. The van der Waals surface area contributed by atoms with Crippen molar-refractivity contribution in [2.24, 2.45) is 5.92 Å². The summed E-state index contributed by atoms with van der Waals surface area (Å²) in [6.07, 6.45) is 5.95. The van der Waals surface area contributed by atoms with Crippen LogP contribution in [-0.4, -0.2) is 21.2 Å². The van der Waals surface area contributed by atoms with Crippen molar-refractivity contribution < 1.29 is 15.0 Å². The largest absolute Gasteiger partial charge is 0.508 e. The number of rotatable bonds is 2. The van der Waals surface area contributed by atoms with E-state index >= 15 is 0 Å². The highest BCUT2D eigenvalue weighted by Gasteiger charge is 2.22. The minimum absolute atomic E-state index is 0.244. The molecule has 98 valence electrons. The SMILES string of the molecule is O=C(O)C1CC=C(c2c[nH]c3ccc(O)cc23)CC1. The van der Waals surface area contributed by atoms with Gasteiger partial charge in [-0.25, -0.2) is 0 Å². The third-order valence-electron chi connectivity index (χ3n) is 3.77. The average molecular weight is 257 g/mol. The number of carboxylic acid groups (broad SMARTS) is 1. The number of allylic oxidation sites excluding steroid dienone is 2. The van der Waals surface area contributed by atoms with Crippen LogP contribution in [0.4, 0.5) is 0 Å². The lowest BCUT2D eigenvalue weighted by molar-refractivity contribution is -0.141. The van der Waals surface area contributed by atoms with E-state index in [4.69, 9.17) is 5.11 Å². The van der Waals surface area contributed by atoms with Gasteiger partial charge in [-0.3, -0.25) is 4.79 Å². The van der Waals surface area contributed by atoms with Crippen LogP contribution in [0, 0.1) is 5.92 Å². The van der Waals surface area contributed by atoms with Crippen molar-refractivity contribution in [3.05, 3.63) is 36.0 Å². The van der Waals surface area contributed by atoms with Crippen LogP contribution in [0.15, 0.2) is 30.5 Å². The van der Waals surface area contributed by atoms with Gasteiger partial charge in [-0.15, -0.1) is 0 Å². The molecule has 0 radical (unpaired) electrons. The number of aliphatic carboxylic acids is 1. The predicted molar refractivity (Wildman–Crippen MR) is 72.9 cm³/mol. The average Bonchev–Trinajstić information content (AvgIpc) is 2.81. The van der Waals surface area contributed by atoms with Crippen LogP contribution in [0.25, 0.3) is 16.5 Å². The number of H-pyrrole nitrogens is 1. The molecule has 19 heavy (non-hydrogen) atoms. The molecule has 0 fully saturated rings. The molecule has 4 heteroatoms. The fourth-order valence-electron chi connectivity index (χ4n) is 2.68. The van der Waals surface area contributed by atoms with E-state index in [9.17, 15) is 9.90 Å². The molecule has 0 aliphatic heterocycles. The third-order valence-corrected chi connectivity index (χ3v) is 3.77. The number of aromatic amines is 1. The summed E-state index contributed by atoms with van der Waals surface area (Å²) in [5, 5.41) is 19.6. The van der Waals surface area contributed by atoms with Gasteiger partial charge >= 0.3 is 5.97 Å². The minimum atomic E-state index is -0.716. The first-order chi connectivity index (χ1) is 9.15. The van der Waals surface area contributed by atoms with Gasteiger partial charge in [0.2, 0.25) is 0 Å². The molecule has 1 aromatic heterocycles. The highest BCUT2D eigenvalue weighted by molar-refractivity contribution is 5.93. The van der Waals surface area contributed by atoms with E-state index in [0.717, 1.165) is 28.5 Å². The maximum absolute atomic E-state index is 10.9. The van der Waals surface area contributed by atoms with E-state index in [2.05, 4.69) is 4.98 Å². The molecular weight excluding hydrogens is 242 g/mol. The number of aromatic hydroxyl groups is 1. The molecule has 0 amide bonds. The van der Waals surface area contributed by atoms with E-state index in [1.807, 2.05) is 18.3 Å². The van der Waals surface area contributed by atoms with Crippen LogP contribution in [0.2, 0.25) is 0 Å². The minimum Gasteiger partial charge on any atom is -0.508 e. The molecule has 1 aliphatic rings. The molecule has 1 heterocycles. The Morgan fingerprint density at radius 1 is 1.37 bits per heavy atom. The number of carbonyl (C=O) groups is 1. The van der Waals surface area contributed by atoms with Crippen molar-refractivity contribution in [3.8, 4) is 5.75 Å². The van der Waals surface area contributed by atoms with E-state index in [1.165, 1.54) is 0 Å². The first-order valence-corrected chi connectivity index (χ1v) is 6.37. The normalized spacial score (nSPS) is 19.4. The first-order valence-electron chi connectivity index (χ1n) is 6.37. The Labute approximate surface area is 110 Å². The van der Waals surface area contributed by atoms with Gasteiger partial charge in [0, 0.05) is 22.7 Å².